The fraction of sp³-hybridized carbons (Fsp3) is 1.00. The SMILES string of the molecule is CCCCC(CCCCN)O[Si](OC)OC. The highest BCUT2D eigenvalue weighted by molar-refractivity contribution is 6.36. The molecule has 0 aliphatic heterocycles. The Morgan fingerprint density at radius 3 is 2.19 bits per heavy atom. The maximum atomic E-state index is 5.81. The first-order valence-electron chi connectivity index (χ1n) is 6.10. The molecule has 0 aromatic heterocycles. The van der Waals surface area contributed by atoms with Crippen molar-refractivity contribution in [3.8, 4) is 0 Å². The quantitative estimate of drug-likeness (QED) is 0.449. The van der Waals surface area contributed by atoms with Crippen LogP contribution < -0.4 is 5.73 Å². The van der Waals surface area contributed by atoms with Gasteiger partial charge < -0.3 is 19.0 Å². The van der Waals surface area contributed by atoms with Crippen LogP contribution in [0.2, 0.25) is 0 Å². The molecule has 16 heavy (non-hydrogen) atoms. The molecule has 0 bridgehead atoms. The van der Waals surface area contributed by atoms with Gasteiger partial charge in [0.05, 0.1) is 0 Å². The highest BCUT2D eigenvalue weighted by Gasteiger charge is 2.21. The summed E-state index contributed by atoms with van der Waals surface area (Å²) in [6, 6.07) is 0. The van der Waals surface area contributed by atoms with Crippen molar-refractivity contribution in [2.45, 2.75) is 51.6 Å². The fourth-order valence-electron chi connectivity index (χ4n) is 1.53. The second kappa shape index (κ2) is 11.5. The van der Waals surface area contributed by atoms with Crippen LogP contribution in [0.3, 0.4) is 0 Å². The molecule has 0 aliphatic rings. The molecule has 1 radical (unpaired) electrons. The van der Waals surface area contributed by atoms with Crippen LogP contribution in [-0.2, 0) is 13.3 Å². The van der Waals surface area contributed by atoms with Crippen molar-refractivity contribution in [1.29, 1.82) is 0 Å². The Balaban J connectivity index is 3.87. The lowest BCUT2D eigenvalue weighted by atomic mass is 10.1. The maximum Gasteiger partial charge on any atom is 0.577 e. The molecule has 2 N–H and O–H groups in total. The normalized spacial score (nSPS) is 13.3. The van der Waals surface area contributed by atoms with Crippen molar-refractivity contribution in [2.24, 2.45) is 5.73 Å². The van der Waals surface area contributed by atoms with E-state index in [4.69, 9.17) is 19.0 Å². The molecule has 0 aromatic carbocycles. The summed E-state index contributed by atoms with van der Waals surface area (Å²) in [6.07, 6.45) is 6.97. The van der Waals surface area contributed by atoms with E-state index in [9.17, 15) is 0 Å². The van der Waals surface area contributed by atoms with E-state index in [-0.39, 0.29) is 6.10 Å². The van der Waals surface area contributed by atoms with Gasteiger partial charge in [-0.25, -0.2) is 0 Å². The van der Waals surface area contributed by atoms with Gasteiger partial charge in [0.25, 0.3) is 0 Å². The van der Waals surface area contributed by atoms with Crippen LogP contribution in [0, 0.1) is 0 Å². The minimum atomic E-state index is -1.52. The summed E-state index contributed by atoms with van der Waals surface area (Å²) < 4.78 is 16.1. The average molecular weight is 248 g/mol. The zero-order valence-electron chi connectivity index (χ0n) is 10.8. The Labute approximate surface area is 101 Å². The second-order valence-corrected chi connectivity index (χ2v) is 5.38. The van der Waals surface area contributed by atoms with E-state index in [1.165, 1.54) is 12.8 Å². The summed E-state index contributed by atoms with van der Waals surface area (Å²) in [5, 5.41) is 0. The lowest BCUT2D eigenvalue weighted by Crippen LogP contribution is -2.30. The molecule has 0 saturated heterocycles. The van der Waals surface area contributed by atoms with Crippen LogP contribution in [0.4, 0.5) is 0 Å². The lowest BCUT2D eigenvalue weighted by molar-refractivity contribution is 0.0741. The summed E-state index contributed by atoms with van der Waals surface area (Å²) in [7, 11) is 1.75. The second-order valence-electron chi connectivity index (χ2n) is 3.82. The van der Waals surface area contributed by atoms with Crippen molar-refractivity contribution in [2.75, 3.05) is 20.8 Å². The van der Waals surface area contributed by atoms with Crippen LogP contribution in [0.1, 0.15) is 45.4 Å². The van der Waals surface area contributed by atoms with Crippen LogP contribution in [0.5, 0.6) is 0 Å². The standard InChI is InChI=1S/C11H26NO3Si/c1-4-5-8-11(9-6-7-10-12)15-16(13-2)14-3/h11H,4-10,12H2,1-3H3. The van der Waals surface area contributed by atoms with E-state index in [0.717, 1.165) is 32.2 Å². The zero-order chi connectivity index (χ0) is 12.2. The predicted octanol–water partition coefficient (Wildman–Crippen LogP) is 1.97. The third-order valence-corrected chi connectivity index (χ3v) is 3.65. The molecule has 0 aromatic rings. The van der Waals surface area contributed by atoms with Gasteiger partial charge in [0.2, 0.25) is 0 Å². The highest BCUT2D eigenvalue weighted by atomic mass is 28.3. The minimum absolute atomic E-state index is 0.264. The van der Waals surface area contributed by atoms with Crippen molar-refractivity contribution in [1.82, 2.24) is 0 Å². The summed E-state index contributed by atoms with van der Waals surface area (Å²) in [4.78, 5) is 0. The number of hydrogen-bond acceptors (Lipinski definition) is 4. The van der Waals surface area contributed by atoms with Gasteiger partial charge in [-0.15, -0.1) is 0 Å². The molecule has 1 unspecified atom stereocenters. The van der Waals surface area contributed by atoms with Crippen molar-refractivity contribution in [3.63, 3.8) is 0 Å². The molecule has 5 heteroatoms. The topological polar surface area (TPSA) is 53.7 Å². The third-order valence-electron chi connectivity index (χ3n) is 2.46. The van der Waals surface area contributed by atoms with Gasteiger partial charge in [-0.05, 0) is 32.2 Å². The molecular weight excluding hydrogens is 222 g/mol. The Bertz CT molecular complexity index is 145. The van der Waals surface area contributed by atoms with E-state index in [0.29, 0.717) is 0 Å². The first kappa shape index (κ1) is 16.1. The van der Waals surface area contributed by atoms with Crippen molar-refractivity contribution >= 4 is 9.53 Å². The van der Waals surface area contributed by atoms with Gasteiger partial charge >= 0.3 is 9.53 Å². The van der Waals surface area contributed by atoms with Gasteiger partial charge in [0.1, 0.15) is 0 Å². The molecule has 0 rings (SSSR count). The van der Waals surface area contributed by atoms with Crippen molar-refractivity contribution in [3.05, 3.63) is 0 Å². The fourth-order valence-corrected chi connectivity index (χ4v) is 2.39. The minimum Gasteiger partial charge on any atom is -0.375 e. The molecule has 0 amide bonds. The molecule has 0 aliphatic carbocycles. The van der Waals surface area contributed by atoms with Gasteiger partial charge in [0.15, 0.2) is 0 Å². The third kappa shape index (κ3) is 8.24. The molecule has 0 spiro atoms. The Morgan fingerprint density at radius 1 is 1.06 bits per heavy atom. The molecule has 0 heterocycles. The Kier molecular flexibility index (Phi) is 11.6. The largest absolute Gasteiger partial charge is 0.577 e. The predicted molar refractivity (Wildman–Crippen MR) is 67.1 cm³/mol. The molecule has 97 valence electrons. The molecule has 4 nitrogen and oxygen atoms in total. The van der Waals surface area contributed by atoms with Crippen LogP contribution in [0.25, 0.3) is 0 Å². The first-order valence-corrected chi connectivity index (χ1v) is 7.32. The van der Waals surface area contributed by atoms with Crippen molar-refractivity contribution < 1.29 is 13.3 Å². The van der Waals surface area contributed by atoms with E-state index < -0.39 is 9.53 Å². The smallest absolute Gasteiger partial charge is 0.375 e. The van der Waals surface area contributed by atoms with Gasteiger partial charge in [-0.3, -0.25) is 0 Å². The first-order chi connectivity index (χ1) is 7.78. The van der Waals surface area contributed by atoms with E-state index in [2.05, 4.69) is 6.92 Å². The Hall–Kier alpha value is 0.0569. The number of hydrogen-bond donors (Lipinski definition) is 1. The number of rotatable bonds is 11. The molecule has 0 saturated carbocycles. The number of nitrogens with two attached hydrogens (primary N) is 1. The molecule has 0 fully saturated rings. The Morgan fingerprint density at radius 2 is 1.69 bits per heavy atom. The van der Waals surface area contributed by atoms with E-state index >= 15 is 0 Å². The van der Waals surface area contributed by atoms with Crippen LogP contribution in [-0.4, -0.2) is 36.4 Å². The van der Waals surface area contributed by atoms with E-state index in [1.54, 1.807) is 14.2 Å². The summed E-state index contributed by atoms with van der Waals surface area (Å²) in [6.45, 7) is 2.95. The summed E-state index contributed by atoms with van der Waals surface area (Å²) in [5.41, 5.74) is 5.48. The van der Waals surface area contributed by atoms with Gasteiger partial charge in [0, 0.05) is 20.3 Å². The summed E-state index contributed by atoms with van der Waals surface area (Å²) in [5.74, 6) is 0. The van der Waals surface area contributed by atoms with Crippen LogP contribution >= 0.6 is 0 Å². The molecule has 1 atom stereocenters. The molecular formula is C11H26NO3Si. The average Bonchev–Trinajstić information content (AvgIpc) is 2.32. The van der Waals surface area contributed by atoms with Gasteiger partial charge in [-0.2, -0.15) is 0 Å². The maximum absolute atomic E-state index is 5.81. The van der Waals surface area contributed by atoms with Crippen LogP contribution in [0.15, 0.2) is 0 Å². The summed E-state index contributed by atoms with van der Waals surface area (Å²) >= 11 is 0. The van der Waals surface area contributed by atoms with Gasteiger partial charge in [-0.1, -0.05) is 19.8 Å². The van der Waals surface area contributed by atoms with E-state index in [1.807, 2.05) is 0 Å². The number of unbranched alkanes of at least 4 members (excludes halogenated alkanes) is 2. The zero-order valence-corrected chi connectivity index (χ0v) is 11.8. The highest BCUT2D eigenvalue weighted by Crippen LogP contribution is 2.13. The monoisotopic (exact) mass is 248 g/mol. The lowest BCUT2D eigenvalue weighted by Gasteiger charge is -2.20.